The van der Waals surface area contributed by atoms with E-state index < -0.39 is 0 Å². The Kier molecular flexibility index (Phi) is 4.29. The molecule has 2 nitrogen and oxygen atoms in total. The van der Waals surface area contributed by atoms with E-state index in [1.54, 1.807) is 0 Å². The van der Waals surface area contributed by atoms with E-state index in [-0.39, 0.29) is 6.10 Å². The van der Waals surface area contributed by atoms with Crippen LogP contribution < -0.4 is 10.1 Å². The molecule has 1 heterocycles. The lowest BCUT2D eigenvalue weighted by atomic mass is 9.93. The Bertz CT molecular complexity index is 886. The van der Waals surface area contributed by atoms with E-state index >= 15 is 0 Å². The molecule has 4 rings (SSSR count). The van der Waals surface area contributed by atoms with E-state index in [9.17, 15) is 0 Å². The smallest absolute Gasteiger partial charge is 0.131 e. The van der Waals surface area contributed by atoms with Crippen LogP contribution in [0.15, 0.2) is 66.7 Å². The number of aryl methyl sites for hydroxylation is 1. The van der Waals surface area contributed by atoms with E-state index in [4.69, 9.17) is 4.74 Å². The third-order valence-electron chi connectivity index (χ3n) is 4.77. The van der Waals surface area contributed by atoms with Gasteiger partial charge < -0.3 is 10.1 Å². The fourth-order valence-electron chi connectivity index (χ4n) is 3.60. The first kappa shape index (κ1) is 15.9. The summed E-state index contributed by atoms with van der Waals surface area (Å²) in [5.41, 5.74) is 7.48. The van der Waals surface area contributed by atoms with Crippen LogP contribution >= 0.6 is 0 Å². The average molecular weight is 329 g/mol. The second kappa shape index (κ2) is 6.73. The van der Waals surface area contributed by atoms with Gasteiger partial charge in [0.1, 0.15) is 11.9 Å². The van der Waals surface area contributed by atoms with E-state index in [0.717, 1.165) is 18.7 Å². The summed E-state index contributed by atoms with van der Waals surface area (Å²) in [5.74, 6) is 1.05. The highest BCUT2D eigenvalue weighted by Gasteiger charge is 2.26. The largest absolute Gasteiger partial charge is 0.488 e. The summed E-state index contributed by atoms with van der Waals surface area (Å²) >= 11 is 0. The fraction of sp³-hybridized carbons (Fsp3) is 0.217. The monoisotopic (exact) mass is 329 g/mol. The van der Waals surface area contributed by atoms with Crippen molar-refractivity contribution in [2.75, 3.05) is 13.6 Å². The first-order valence-electron chi connectivity index (χ1n) is 8.85. The van der Waals surface area contributed by atoms with Gasteiger partial charge in [-0.1, -0.05) is 60.2 Å². The highest BCUT2D eigenvalue weighted by atomic mass is 16.5. The molecule has 0 spiro atoms. The summed E-state index contributed by atoms with van der Waals surface area (Å²) in [5, 5.41) is 3.23. The van der Waals surface area contributed by atoms with E-state index in [0.29, 0.717) is 0 Å². The SMILES string of the molecule is CNCC1Cc2cc(-c3ccccc3)cc(-c3cccc(C)c3)c2O1. The van der Waals surface area contributed by atoms with Crippen LogP contribution in [0.2, 0.25) is 0 Å². The number of fused-ring (bicyclic) bond motifs is 1. The van der Waals surface area contributed by atoms with Crippen LogP contribution in [0.5, 0.6) is 5.75 Å². The van der Waals surface area contributed by atoms with Gasteiger partial charge in [-0.15, -0.1) is 0 Å². The summed E-state index contributed by atoms with van der Waals surface area (Å²) in [6.07, 6.45) is 1.16. The molecule has 2 heteroatoms. The number of ether oxygens (including phenoxy) is 1. The highest BCUT2D eigenvalue weighted by Crippen LogP contribution is 2.42. The van der Waals surface area contributed by atoms with Gasteiger partial charge in [-0.3, -0.25) is 0 Å². The molecule has 1 aliphatic rings. The summed E-state index contributed by atoms with van der Waals surface area (Å²) in [6.45, 7) is 3.00. The molecule has 1 N–H and O–H groups in total. The Morgan fingerprint density at radius 2 is 1.72 bits per heavy atom. The molecule has 25 heavy (non-hydrogen) atoms. The maximum Gasteiger partial charge on any atom is 0.131 e. The van der Waals surface area contributed by atoms with Gasteiger partial charge in [-0.25, -0.2) is 0 Å². The van der Waals surface area contributed by atoms with Gasteiger partial charge in [0.25, 0.3) is 0 Å². The molecule has 126 valence electrons. The fourth-order valence-corrected chi connectivity index (χ4v) is 3.60. The Labute approximate surface area is 149 Å². The second-order valence-corrected chi connectivity index (χ2v) is 6.75. The molecule has 1 unspecified atom stereocenters. The van der Waals surface area contributed by atoms with Crippen molar-refractivity contribution in [1.29, 1.82) is 0 Å². The number of nitrogens with one attached hydrogen (secondary N) is 1. The van der Waals surface area contributed by atoms with Crippen LogP contribution in [0.4, 0.5) is 0 Å². The number of rotatable bonds is 4. The molecule has 0 radical (unpaired) electrons. The molecule has 3 aromatic rings. The molecule has 0 saturated carbocycles. The van der Waals surface area contributed by atoms with Crippen molar-refractivity contribution in [3.05, 3.63) is 77.9 Å². The maximum absolute atomic E-state index is 6.30. The minimum Gasteiger partial charge on any atom is -0.488 e. The molecule has 0 aliphatic carbocycles. The molecule has 0 bridgehead atoms. The molecule has 1 atom stereocenters. The van der Waals surface area contributed by atoms with E-state index in [1.165, 1.54) is 33.4 Å². The molecule has 0 amide bonds. The van der Waals surface area contributed by atoms with Crippen molar-refractivity contribution in [2.24, 2.45) is 0 Å². The van der Waals surface area contributed by atoms with E-state index in [2.05, 4.69) is 79.0 Å². The van der Waals surface area contributed by atoms with Gasteiger partial charge in [-0.05, 0) is 48.4 Å². The predicted molar refractivity (Wildman–Crippen MR) is 104 cm³/mol. The molecule has 3 aromatic carbocycles. The van der Waals surface area contributed by atoms with Crippen molar-refractivity contribution >= 4 is 0 Å². The molecular weight excluding hydrogens is 306 g/mol. The lowest BCUT2D eigenvalue weighted by Crippen LogP contribution is -2.27. The van der Waals surface area contributed by atoms with Crippen molar-refractivity contribution in [3.8, 4) is 28.0 Å². The predicted octanol–water partition coefficient (Wildman–Crippen LogP) is 4.85. The first-order valence-corrected chi connectivity index (χ1v) is 8.85. The molecule has 1 aliphatic heterocycles. The molecule has 0 fully saturated rings. The average Bonchev–Trinajstić information content (AvgIpc) is 3.04. The van der Waals surface area contributed by atoms with Gasteiger partial charge in [0.05, 0.1) is 0 Å². The Morgan fingerprint density at radius 1 is 0.920 bits per heavy atom. The van der Waals surface area contributed by atoms with Gasteiger partial charge in [-0.2, -0.15) is 0 Å². The Hall–Kier alpha value is -2.58. The third kappa shape index (κ3) is 3.18. The van der Waals surface area contributed by atoms with Gasteiger partial charge in [0, 0.05) is 18.5 Å². The maximum atomic E-state index is 6.30. The zero-order valence-corrected chi connectivity index (χ0v) is 14.8. The van der Waals surface area contributed by atoms with Crippen LogP contribution in [0.25, 0.3) is 22.3 Å². The van der Waals surface area contributed by atoms with Crippen LogP contribution in [0, 0.1) is 6.92 Å². The lowest BCUT2D eigenvalue weighted by Gasteiger charge is -2.14. The Balaban J connectivity index is 1.86. The molecular formula is C23H23NO. The standard InChI is InChI=1S/C23H23NO/c1-16-7-6-10-18(11-16)22-14-19(17-8-4-3-5-9-17)12-20-13-21(15-24-2)25-23(20)22/h3-12,14,21,24H,13,15H2,1-2H3. The quantitative estimate of drug-likeness (QED) is 0.738. The number of benzene rings is 3. The van der Waals surface area contributed by atoms with Crippen molar-refractivity contribution < 1.29 is 4.74 Å². The van der Waals surface area contributed by atoms with Gasteiger partial charge in [0.15, 0.2) is 0 Å². The lowest BCUT2D eigenvalue weighted by molar-refractivity contribution is 0.232. The Morgan fingerprint density at radius 3 is 2.48 bits per heavy atom. The van der Waals surface area contributed by atoms with E-state index in [1.807, 2.05) is 7.05 Å². The second-order valence-electron chi connectivity index (χ2n) is 6.75. The summed E-state index contributed by atoms with van der Waals surface area (Å²) in [6, 6.07) is 23.8. The normalized spacial score (nSPS) is 15.7. The third-order valence-corrected chi connectivity index (χ3v) is 4.77. The summed E-state index contributed by atoms with van der Waals surface area (Å²) in [4.78, 5) is 0. The zero-order valence-electron chi connectivity index (χ0n) is 14.8. The van der Waals surface area contributed by atoms with Crippen molar-refractivity contribution in [3.63, 3.8) is 0 Å². The van der Waals surface area contributed by atoms with Crippen LogP contribution in [-0.4, -0.2) is 19.7 Å². The van der Waals surface area contributed by atoms with Gasteiger partial charge in [0.2, 0.25) is 0 Å². The summed E-state index contributed by atoms with van der Waals surface area (Å²) in [7, 11) is 1.98. The van der Waals surface area contributed by atoms with Crippen LogP contribution in [0.3, 0.4) is 0 Å². The minimum atomic E-state index is 0.203. The first-order chi connectivity index (χ1) is 12.2. The number of likely N-dealkylation sites (N-methyl/N-ethyl adjacent to an activating group) is 1. The van der Waals surface area contributed by atoms with Crippen molar-refractivity contribution in [1.82, 2.24) is 5.32 Å². The molecule has 0 saturated heterocycles. The van der Waals surface area contributed by atoms with Gasteiger partial charge >= 0.3 is 0 Å². The summed E-state index contributed by atoms with van der Waals surface area (Å²) < 4.78 is 6.30. The number of hydrogen-bond acceptors (Lipinski definition) is 2. The van der Waals surface area contributed by atoms with Crippen LogP contribution in [-0.2, 0) is 6.42 Å². The minimum absolute atomic E-state index is 0.203. The number of hydrogen-bond donors (Lipinski definition) is 1. The molecule has 0 aromatic heterocycles. The highest BCUT2D eigenvalue weighted by molar-refractivity contribution is 5.80. The zero-order chi connectivity index (χ0) is 17.2. The topological polar surface area (TPSA) is 21.3 Å². The van der Waals surface area contributed by atoms with Crippen molar-refractivity contribution in [2.45, 2.75) is 19.4 Å². The van der Waals surface area contributed by atoms with Crippen LogP contribution in [0.1, 0.15) is 11.1 Å².